The van der Waals surface area contributed by atoms with Crippen molar-refractivity contribution in [2.75, 3.05) is 0 Å². The molecule has 0 radical (unpaired) electrons. The van der Waals surface area contributed by atoms with E-state index in [1.807, 2.05) is 0 Å². The Morgan fingerprint density at radius 2 is 1.78 bits per heavy atom. The molecule has 4 nitrogen and oxygen atoms in total. The number of halogens is 3. The zero-order valence-electron chi connectivity index (χ0n) is 9.14. The van der Waals surface area contributed by atoms with E-state index in [-0.39, 0.29) is 40.9 Å². The maximum absolute atomic E-state index is 12.5. The van der Waals surface area contributed by atoms with E-state index in [2.05, 4.69) is 4.18 Å². The average Bonchev–Trinajstić information content (AvgIpc) is 2.18. The van der Waals surface area contributed by atoms with Crippen molar-refractivity contribution in [3.63, 3.8) is 0 Å². The van der Waals surface area contributed by atoms with Crippen molar-refractivity contribution in [1.29, 1.82) is 0 Å². The van der Waals surface area contributed by atoms with Crippen LogP contribution in [-0.2, 0) is 10.4 Å². The van der Waals surface area contributed by atoms with Gasteiger partial charge in [-0.15, -0.1) is 0 Å². The summed E-state index contributed by atoms with van der Waals surface area (Å²) in [4.78, 5) is 0. The summed E-state index contributed by atoms with van der Waals surface area (Å²) in [6.07, 6.45) is -2.63. The van der Waals surface area contributed by atoms with Crippen LogP contribution in [0.1, 0.15) is 5.56 Å². The van der Waals surface area contributed by atoms with Crippen LogP contribution in [0.3, 0.4) is 0 Å². The molecule has 0 aliphatic heterocycles. The first-order chi connectivity index (χ1) is 7.78. The Bertz CT molecular complexity index is 513. The fraction of sp³-hybridized carbons (Fsp3) is 0.111. The second kappa shape index (κ2) is 7.15. The van der Waals surface area contributed by atoms with E-state index in [0.29, 0.717) is 6.08 Å². The van der Waals surface area contributed by atoms with Gasteiger partial charge >= 0.3 is 29.6 Å². The first kappa shape index (κ1) is 17.5. The first-order valence-corrected chi connectivity index (χ1v) is 5.52. The molecule has 0 aliphatic rings. The average molecular weight is 290 g/mol. The summed E-state index contributed by atoms with van der Waals surface area (Å²) < 4.78 is 70.7. The molecule has 0 heterocycles. The molecular weight excluding hydrogens is 284 g/mol. The molecule has 0 aromatic heterocycles. The van der Waals surface area contributed by atoms with E-state index in [0.717, 1.165) is 24.3 Å². The molecule has 0 bridgehead atoms. The summed E-state index contributed by atoms with van der Waals surface area (Å²) in [5, 5.41) is 0. The summed E-state index contributed by atoms with van der Waals surface area (Å²) in [5.74, 6) is -1.90. The normalized spacial score (nSPS) is 12.2. The molecule has 0 atom stereocenters. The van der Waals surface area contributed by atoms with E-state index in [1.165, 1.54) is 0 Å². The Hall–Kier alpha value is -0.540. The van der Waals surface area contributed by atoms with Crippen LogP contribution in [0, 0.1) is 0 Å². The fourth-order valence-corrected chi connectivity index (χ4v) is 1.31. The molecule has 1 rings (SSSR count). The van der Waals surface area contributed by atoms with Crippen molar-refractivity contribution in [3.05, 3.63) is 35.7 Å². The van der Waals surface area contributed by atoms with Crippen molar-refractivity contribution in [2.45, 2.75) is 6.43 Å². The van der Waals surface area contributed by atoms with Crippen LogP contribution in [0.2, 0.25) is 0 Å². The number of hydrogen-bond acceptors (Lipinski definition) is 4. The Kier molecular flexibility index (Phi) is 6.93. The van der Waals surface area contributed by atoms with E-state index in [9.17, 15) is 26.1 Å². The summed E-state index contributed by atoms with van der Waals surface area (Å²) in [7, 11) is -4.89. The maximum Gasteiger partial charge on any atom is 1.00 e. The van der Waals surface area contributed by atoms with E-state index in [4.69, 9.17) is 0 Å². The van der Waals surface area contributed by atoms with Crippen LogP contribution in [0.5, 0.6) is 5.75 Å². The van der Waals surface area contributed by atoms with Gasteiger partial charge in [0.25, 0.3) is 16.8 Å². The van der Waals surface area contributed by atoms with Crippen molar-refractivity contribution in [1.82, 2.24) is 0 Å². The quantitative estimate of drug-likeness (QED) is 0.410. The molecule has 0 unspecified atom stereocenters. The van der Waals surface area contributed by atoms with Crippen LogP contribution >= 0.6 is 0 Å². The van der Waals surface area contributed by atoms with Crippen molar-refractivity contribution < 1.29 is 59.9 Å². The molecule has 0 spiro atoms. The fourth-order valence-electron chi connectivity index (χ4n) is 0.960. The topological polar surface area (TPSA) is 66.4 Å². The number of hydrogen-bond donors (Lipinski definition) is 0. The summed E-state index contributed by atoms with van der Waals surface area (Å²) in [5.41, 5.74) is 0.0819. The van der Waals surface area contributed by atoms with Crippen LogP contribution in [0.15, 0.2) is 30.1 Å². The molecule has 0 aliphatic carbocycles. The molecule has 1 aromatic rings. The van der Waals surface area contributed by atoms with Gasteiger partial charge in [0.05, 0.1) is 0 Å². The van der Waals surface area contributed by atoms with Crippen LogP contribution in [0.4, 0.5) is 13.2 Å². The second-order valence-corrected chi connectivity index (χ2v) is 3.87. The molecule has 1 aromatic carbocycles. The summed E-state index contributed by atoms with van der Waals surface area (Å²) >= 11 is 0. The third-order valence-electron chi connectivity index (χ3n) is 1.59. The number of allylic oxidation sites excluding steroid dienone is 1. The van der Waals surface area contributed by atoms with Gasteiger partial charge in [0.2, 0.25) is 0 Å². The zero-order chi connectivity index (χ0) is 13.1. The molecule has 0 saturated carbocycles. The van der Waals surface area contributed by atoms with Gasteiger partial charge in [0.15, 0.2) is 5.83 Å². The van der Waals surface area contributed by atoms with Gasteiger partial charge in [-0.25, -0.2) is 21.6 Å². The zero-order valence-corrected chi connectivity index (χ0v) is 12.0. The molecule has 0 fully saturated rings. The smallest absolute Gasteiger partial charge is 0.716 e. The number of alkyl halides is 2. The maximum atomic E-state index is 12.5. The Balaban J connectivity index is 0.00000289. The molecule has 9 heteroatoms. The van der Waals surface area contributed by atoms with Gasteiger partial charge in [0.1, 0.15) is 5.75 Å². The SMILES string of the molecule is O=S(=O)([O-])Oc1ccc(C=C(F)C(F)F)cc1.[Na+]. The standard InChI is InChI=1S/C9H7F3O4S.Na/c10-8(9(11)12)5-6-1-3-7(4-2-6)16-17(13,14)15;/h1-5,9H,(H,13,14,15);/q;+1/p-1. The predicted octanol–water partition coefficient (Wildman–Crippen LogP) is -0.895. The van der Waals surface area contributed by atoms with Gasteiger partial charge in [-0.3, -0.25) is 0 Å². The van der Waals surface area contributed by atoms with Crippen LogP contribution in [-0.4, -0.2) is 19.4 Å². The van der Waals surface area contributed by atoms with Crippen LogP contribution < -0.4 is 33.7 Å². The van der Waals surface area contributed by atoms with Crippen molar-refractivity contribution in [3.8, 4) is 5.75 Å². The molecule has 0 amide bonds. The minimum absolute atomic E-state index is 0. The Morgan fingerprint density at radius 3 is 2.17 bits per heavy atom. The van der Waals surface area contributed by atoms with Gasteiger partial charge in [-0.1, -0.05) is 12.1 Å². The van der Waals surface area contributed by atoms with Gasteiger partial charge in [-0.2, -0.15) is 0 Å². The third kappa shape index (κ3) is 6.41. The Labute approximate surface area is 124 Å². The molecule has 18 heavy (non-hydrogen) atoms. The number of benzene rings is 1. The van der Waals surface area contributed by atoms with E-state index in [1.54, 1.807) is 0 Å². The van der Waals surface area contributed by atoms with Gasteiger partial charge < -0.3 is 8.74 Å². The number of rotatable bonds is 4. The predicted molar refractivity (Wildman–Crippen MR) is 51.9 cm³/mol. The summed E-state index contributed by atoms with van der Waals surface area (Å²) in [6, 6.07) is 4.34. The van der Waals surface area contributed by atoms with Crippen molar-refractivity contribution >= 4 is 16.5 Å². The van der Waals surface area contributed by atoms with Crippen LogP contribution in [0.25, 0.3) is 6.08 Å². The minimum Gasteiger partial charge on any atom is -0.716 e. The monoisotopic (exact) mass is 290 g/mol. The third-order valence-corrected chi connectivity index (χ3v) is 1.99. The van der Waals surface area contributed by atoms with Gasteiger partial charge in [0, 0.05) is 0 Å². The minimum atomic E-state index is -4.89. The summed E-state index contributed by atoms with van der Waals surface area (Å²) in [6.45, 7) is 0. The Morgan fingerprint density at radius 1 is 1.28 bits per heavy atom. The molecule has 94 valence electrons. The molecule has 0 saturated heterocycles. The largest absolute Gasteiger partial charge is 1.00 e. The molecule has 0 N–H and O–H groups in total. The molecular formula is C9H6F3NaO4S. The second-order valence-electron chi connectivity index (χ2n) is 2.89. The van der Waals surface area contributed by atoms with Crippen molar-refractivity contribution in [2.24, 2.45) is 0 Å². The van der Waals surface area contributed by atoms with E-state index >= 15 is 0 Å². The van der Waals surface area contributed by atoms with E-state index < -0.39 is 22.7 Å². The first-order valence-electron chi connectivity index (χ1n) is 4.18. The van der Waals surface area contributed by atoms with Gasteiger partial charge in [-0.05, 0) is 23.8 Å².